The molecule has 0 aromatic heterocycles. The Hall–Kier alpha value is 0.610. The third-order valence-electron chi connectivity index (χ3n) is 1.10. The molecule has 0 radical (unpaired) electrons. The predicted octanol–water partition coefficient (Wildman–Crippen LogP) is 3.08. The maximum Gasteiger partial charge on any atom is 0.104 e. The molecule has 8 heavy (non-hydrogen) atoms. The molecule has 0 amide bonds. The third-order valence-corrected chi connectivity index (χ3v) is 1.80. The molecule has 0 bridgehead atoms. The molecule has 0 N–H and O–H groups in total. The van der Waals surface area contributed by atoms with Crippen LogP contribution in [0.2, 0.25) is 0 Å². The van der Waals surface area contributed by atoms with E-state index in [9.17, 15) is 0 Å². The van der Waals surface area contributed by atoms with E-state index in [0.29, 0.717) is 0 Å². The van der Waals surface area contributed by atoms with Gasteiger partial charge in [0.2, 0.25) is 0 Å². The topological polar surface area (TPSA) is 0 Å². The van der Waals surface area contributed by atoms with Crippen LogP contribution in [0.5, 0.6) is 0 Å². The van der Waals surface area contributed by atoms with Crippen LogP contribution in [-0.2, 0) is 0 Å². The van der Waals surface area contributed by atoms with E-state index < -0.39 is 0 Å². The van der Waals surface area contributed by atoms with E-state index in [0.717, 1.165) is 12.8 Å². The van der Waals surface area contributed by atoms with E-state index in [-0.39, 0.29) is 9.37 Å². The average molecular weight is 171 g/mol. The van der Waals surface area contributed by atoms with Crippen LogP contribution in [-0.4, -0.2) is 4.87 Å². The van der Waals surface area contributed by atoms with Crippen molar-refractivity contribution in [2.24, 2.45) is 0 Å². The van der Waals surface area contributed by atoms with E-state index in [2.05, 4.69) is 0 Å². The number of hydrogen-bond donors (Lipinski definition) is 0. The Morgan fingerprint density at radius 1 is 1.38 bits per heavy atom. The van der Waals surface area contributed by atoms with Gasteiger partial charge >= 0.3 is 0 Å². The SMILES string of the molecule is ClC(Cl)=CC1(Cl)CC1. The zero-order valence-corrected chi connectivity index (χ0v) is 6.39. The van der Waals surface area contributed by atoms with Crippen molar-refractivity contribution >= 4 is 34.8 Å². The third kappa shape index (κ3) is 1.85. The Morgan fingerprint density at radius 3 is 2.00 bits per heavy atom. The van der Waals surface area contributed by atoms with Crippen molar-refractivity contribution in [2.45, 2.75) is 17.7 Å². The summed E-state index contributed by atoms with van der Waals surface area (Å²) in [6.45, 7) is 0. The van der Waals surface area contributed by atoms with Gasteiger partial charge in [-0.2, -0.15) is 0 Å². The number of rotatable bonds is 1. The number of alkyl halides is 1. The number of hydrogen-bond acceptors (Lipinski definition) is 0. The second-order valence-electron chi connectivity index (χ2n) is 1.97. The van der Waals surface area contributed by atoms with Gasteiger partial charge in [0, 0.05) is 0 Å². The molecule has 0 unspecified atom stereocenters. The van der Waals surface area contributed by atoms with Crippen molar-refractivity contribution in [1.82, 2.24) is 0 Å². The normalized spacial score (nSPS) is 22.4. The van der Waals surface area contributed by atoms with Crippen LogP contribution < -0.4 is 0 Å². The van der Waals surface area contributed by atoms with Gasteiger partial charge in [-0.05, 0) is 18.9 Å². The Bertz CT molecular complexity index is 120. The summed E-state index contributed by atoms with van der Waals surface area (Å²) in [5, 5.41) is 0. The molecule has 46 valence electrons. The minimum Gasteiger partial charge on any atom is -0.115 e. The van der Waals surface area contributed by atoms with Gasteiger partial charge in [-0.1, -0.05) is 23.2 Å². The number of allylic oxidation sites excluding steroid dienone is 1. The Labute approximate surface area is 63.4 Å². The van der Waals surface area contributed by atoms with Crippen molar-refractivity contribution in [1.29, 1.82) is 0 Å². The highest BCUT2D eigenvalue weighted by molar-refractivity contribution is 6.56. The van der Waals surface area contributed by atoms with Crippen LogP contribution in [0.3, 0.4) is 0 Å². The quantitative estimate of drug-likeness (QED) is 0.532. The lowest BCUT2D eigenvalue weighted by molar-refractivity contribution is 1.18. The smallest absolute Gasteiger partial charge is 0.104 e. The fraction of sp³-hybridized carbons (Fsp3) is 0.600. The average Bonchev–Trinajstić information content (AvgIpc) is 2.17. The van der Waals surface area contributed by atoms with E-state index >= 15 is 0 Å². The van der Waals surface area contributed by atoms with Gasteiger partial charge < -0.3 is 0 Å². The van der Waals surface area contributed by atoms with E-state index in [1.807, 2.05) is 0 Å². The molecule has 1 rings (SSSR count). The van der Waals surface area contributed by atoms with E-state index in [4.69, 9.17) is 34.8 Å². The highest BCUT2D eigenvalue weighted by atomic mass is 35.5. The molecule has 0 atom stereocenters. The van der Waals surface area contributed by atoms with Gasteiger partial charge in [0.1, 0.15) is 4.49 Å². The van der Waals surface area contributed by atoms with E-state index in [1.54, 1.807) is 6.08 Å². The van der Waals surface area contributed by atoms with Gasteiger partial charge in [-0.3, -0.25) is 0 Å². The van der Waals surface area contributed by atoms with E-state index in [1.165, 1.54) is 0 Å². The van der Waals surface area contributed by atoms with Gasteiger partial charge in [0.05, 0.1) is 4.87 Å². The molecule has 0 nitrogen and oxygen atoms in total. The van der Waals surface area contributed by atoms with Crippen LogP contribution >= 0.6 is 34.8 Å². The molecule has 1 aliphatic carbocycles. The zero-order chi connectivity index (χ0) is 6.20. The molecule has 3 heteroatoms. The Kier molecular flexibility index (Phi) is 1.76. The summed E-state index contributed by atoms with van der Waals surface area (Å²) in [4.78, 5) is -0.182. The lowest BCUT2D eigenvalue weighted by Crippen LogP contribution is -1.87. The molecule has 0 spiro atoms. The molecular weight excluding hydrogens is 166 g/mol. The molecule has 0 aromatic rings. The Morgan fingerprint density at radius 2 is 1.88 bits per heavy atom. The van der Waals surface area contributed by atoms with Gasteiger partial charge in [0.25, 0.3) is 0 Å². The Balaban J connectivity index is 2.50. The highest BCUT2D eigenvalue weighted by Gasteiger charge is 2.38. The van der Waals surface area contributed by atoms with Crippen molar-refractivity contribution in [3.05, 3.63) is 10.6 Å². The summed E-state index contributed by atoms with van der Waals surface area (Å²) in [6, 6.07) is 0. The fourth-order valence-electron chi connectivity index (χ4n) is 0.459. The molecule has 1 aliphatic rings. The maximum atomic E-state index is 5.79. The largest absolute Gasteiger partial charge is 0.115 e. The van der Waals surface area contributed by atoms with Gasteiger partial charge in [-0.15, -0.1) is 11.6 Å². The summed E-state index contributed by atoms with van der Waals surface area (Å²) in [7, 11) is 0. The van der Waals surface area contributed by atoms with Crippen molar-refractivity contribution < 1.29 is 0 Å². The lowest BCUT2D eigenvalue weighted by atomic mass is 10.4. The monoisotopic (exact) mass is 170 g/mol. The summed E-state index contributed by atoms with van der Waals surface area (Å²) < 4.78 is 0.275. The summed E-state index contributed by atoms with van der Waals surface area (Å²) in [5.74, 6) is 0. The fourth-order valence-corrected chi connectivity index (χ4v) is 1.19. The molecule has 0 saturated heterocycles. The van der Waals surface area contributed by atoms with Crippen LogP contribution in [0.15, 0.2) is 10.6 Å². The minimum absolute atomic E-state index is 0.182. The highest BCUT2D eigenvalue weighted by Crippen LogP contribution is 2.45. The summed E-state index contributed by atoms with van der Waals surface area (Å²) in [5.41, 5.74) is 0. The summed E-state index contributed by atoms with van der Waals surface area (Å²) in [6.07, 6.45) is 3.67. The first kappa shape index (κ1) is 6.73. The van der Waals surface area contributed by atoms with Crippen molar-refractivity contribution in [2.75, 3.05) is 0 Å². The van der Waals surface area contributed by atoms with Crippen molar-refractivity contribution in [3.63, 3.8) is 0 Å². The van der Waals surface area contributed by atoms with Crippen LogP contribution in [0, 0.1) is 0 Å². The first-order chi connectivity index (χ1) is 3.62. The van der Waals surface area contributed by atoms with Crippen LogP contribution in [0.1, 0.15) is 12.8 Å². The molecule has 1 saturated carbocycles. The van der Waals surface area contributed by atoms with Crippen LogP contribution in [0.25, 0.3) is 0 Å². The second kappa shape index (κ2) is 2.09. The first-order valence-corrected chi connectivity index (χ1v) is 3.49. The lowest BCUT2D eigenvalue weighted by Gasteiger charge is -1.92. The van der Waals surface area contributed by atoms with Gasteiger partial charge in [0.15, 0.2) is 0 Å². The summed E-state index contributed by atoms with van der Waals surface area (Å²) >= 11 is 16.5. The standard InChI is InChI=1S/C5H5Cl3/c6-4(7)3-5(8)1-2-5/h3H,1-2H2. The zero-order valence-electron chi connectivity index (χ0n) is 4.13. The second-order valence-corrected chi connectivity index (χ2v) is 3.73. The molecule has 1 fully saturated rings. The minimum atomic E-state index is -0.182. The molecule has 0 aromatic carbocycles. The maximum absolute atomic E-state index is 5.79. The predicted molar refractivity (Wildman–Crippen MR) is 37.6 cm³/mol. The van der Waals surface area contributed by atoms with Crippen LogP contribution in [0.4, 0.5) is 0 Å². The molecule has 0 heterocycles. The molecule has 0 aliphatic heterocycles. The first-order valence-electron chi connectivity index (χ1n) is 2.35. The molecular formula is C5H5Cl3. The number of halogens is 3. The van der Waals surface area contributed by atoms with Crippen molar-refractivity contribution in [3.8, 4) is 0 Å². The van der Waals surface area contributed by atoms with Gasteiger partial charge in [-0.25, -0.2) is 0 Å².